The average molecular weight is 1880 g/mol. The van der Waals surface area contributed by atoms with Crippen LogP contribution >= 0.6 is 11.6 Å². The topological polar surface area (TPSA) is 569 Å². The van der Waals surface area contributed by atoms with Crippen LogP contribution in [0.15, 0.2) is 91.0 Å². The van der Waals surface area contributed by atoms with Gasteiger partial charge >= 0.3 is 6.03 Å². The number of nitrogens with two attached hydrogens (primary N) is 1. The van der Waals surface area contributed by atoms with Crippen LogP contribution in [0.2, 0.25) is 5.02 Å². The predicted octanol–water partition coefficient (Wildman–Crippen LogP) is 3.93. The second-order valence-electron chi connectivity index (χ2n) is 36.7. The van der Waals surface area contributed by atoms with Crippen molar-refractivity contribution in [3.05, 3.63) is 135 Å². The Morgan fingerprint density at radius 2 is 1.23 bits per heavy atom. The molecule has 724 valence electrons. The van der Waals surface area contributed by atoms with Crippen molar-refractivity contribution in [3.63, 3.8) is 0 Å². The minimum Gasteiger partial charge on any atom is -0.508 e. The van der Waals surface area contributed by atoms with E-state index in [-0.39, 0.29) is 146 Å². The molecule has 39 nitrogen and oxygen atoms in total. The molecule has 6 fully saturated rings. The number of imide groups is 1. The molecule has 0 spiro atoms. The quantitative estimate of drug-likeness (QED) is 0.0342. The van der Waals surface area contributed by atoms with E-state index in [1.54, 1.807) is 35.0 Å². The molecule has 10 amide bonds. The fourth-order valence-corrected chi connectivity index (χ4v) is 19.7. The van der Waals surface area contributed by atoms with Crippen LogP contribution in [0.5, 0.6) is 57.5 Å². The van der Waals surface area contributed by atoms with Crippen molar-refractivity contribution in [1.82, 2.24) is 58.5 Å². The number of likely N-dealkylation sites (N-methyl/N-ethyl adjacent to an activating group) is 3. The van der Waals surface area contributed by atoms with Crippen LogP contribution in [0.4, 0.5) is 10.5 Å². The number of aromatic hydroxyl groups is 2. The maximum Gasteiger partial charge on any atom is 0.325 e. The number of carbonyl (C=O) groups excluding carboxylic acids is 9. The third-order valence-corrected chi connectivity index (χ3v) is 26.3. The van der Waals surface area contributed by atoms with Crippen LogP contribution in [0, 0.1) is 49.4 Å². The molecule has 40 heteroatoms. The molecule has 11 aliphatic rings. The Labute approximate surface area is 778 Å². The summed E-state index contributed by atoms with van der Waals surface area (Å²) in [7, 11) is 5.15. The monoisotopic (exact) mass is 1880 g/mol. The van der Waals surface area contributed by atoms with E-state index in [9.17, 15) is 50.4 Å². The fourth-order valence-electron chi connectivity index (χ4n) is 19.5. The van der Waals surface area contributed by atoms with E-state index in [0.717, 1.165) is 44.2 Å². The summed E-state index contributed by atoms with van der Waals surface area (Å²) in [6.45, 7) is 11.9. The van der Waals surface area contributed by atoms with Crippen molar-refractivity contribution in [2.24, 2.45) is 41.2 Å². The lowest BCUT2D eigenvalue weighted by Crippen LogP contribution is -2.64. The molecule has 0 radical (unpaired) electrons. The van der Waals surface area contributed by atoms with Gasteiger partial charge in [0.2, 0.25) is 65.0 Å². The van der Waals surface area contributed by atoms with Gasteiger partial charge in [-0.3, -0.25) is 43.7 Å². The molecular formula is C94H120ClN13O26. The first kappa shape index (κ1) is 98.7. The van der Waals surface area contributed by atoms with Crippen molar-refractivity contribution < 1.29 is 127 Å². The standard InChI is InChI=1S/C94H120ClN13O26/c1-41(2)23-44(5)85(118)107-75-77(113)49-12-15-61(42(3)24-49)130-65-33-53-34-66(82(65)134-92-83(80(116)79(115)67(40-109)132-92)133-69-39-94(7,96)84(117)45(6)129-69)131-62-16-13-50(32-58(62)95)78(114)76-91(124)106-74(89(122)103-71-51-27-46-26-47(29-51)30-52(71)28-46)57-37-55(110)25-43(4)70(57)56-31-48(11-14-60(56)111)72(87(120)108-76)105-88(121)73(53)104-86(119)59(101-90(75)123)38-68(112)102-93(125)100-54-35-63(126-20-17-97-8)81(128-22-19-99-10)64(36-54)127-21-18-98-9/h11-16,24-25,31-37,41,44-47,51-52,59,67,69,71-80,83-84,92,97-99,109-111,113-117H,17-23,26-30,38-40,96H2,1-10H3,(H,101,123)(H,103,122)(H,104,119)(H,105,121)(H,106,124)(H,107,118)(H,108,120)(H2,100,102,112,125)/t44-,45+,46?,47?,51?,52?,59+,67-,69+,71?,72-,73-,74+,75-,76+,77-,78-,79-,80+,83-,84-,92+,94+/m1/s1. The number of ether oxygens (including phenoxy) is 9. The van der Waals surface area contributed by atoms with Gasteiger partial charge < -0.3 is 148 Å². The number of phenolic OH excluding ortho intramolecular Hbond substituents is 2. The van der Waals surface area contributed by atoms with Crippen LogP contribution in [-0.4, -0.2) is 240 Å². The number of hydrogen-bond acceptors (Lipinski definition) is 30. The second kappa shape index (κ2) is 42.3. The zero-order valence-electron chi connectivity index (χ0n) is 75.9. The van der Waals surface area contributed by atoms with Crippen LogP contribution in [0.3, 0.4) is 0 Å². The number of halogens is 1. The Bertz CT molecular complexity index is 5320. The summed E-state index contributed by atoms with van der Waals surface area (Å²) in [5.74, 6) is -11.8. The summed E-state index contributed by atoms with van der Waals surface area (Å²) < 4.78 is 58.0. The summed E-state index contributed by atoms with van der Waals surface area (Å²) >= 11 is 7.36. The number of carbonyl (C=O) groups is 9. The molecule has 2 saturated heterocycles. The highest BCUT2D eigenvalue weighted by molar-refractivity contribution is 6.32. The van der Waals surface area contributed by atoms with Gasteiger partial charge in [-0.25, -0.2) is 4.79 Å². The molecule has 6 aromatic rings. The lowest BCUT2D eigenvalue weighted by atomic mass is 9.54. The van der Waals surface area contributed by atoms with Crippen molar-refractivity contribution in [1.29, 1.82) is 0 Å². The Balaban J connectivity index is 0.950. The third-order valence-electron chi connectivity index (χ3n) is 26.0. The Morgan fingerprint density at radius 3 is 1.85 bits per heavy atom. The van der Waals surface area contributed by atoms with Gasteiger partial charge in [0, 0.05) is 61.2 Å². The normalized spacial score (nSPS) is 29.0. The molecule has 4 saturated carbocycles. The van der Waals surface area contributed by atoms with Gasteiger partial charge in [-0.05, 0) is 222 Å². The number of fused-ring (bicyclic) bond motifs is 15. The second-order valence-corrected chi connectivity index (χ2v) is 37.1. The van der Waals surface area contributed by atoms with Gasteiger partial charge in [0.1, 0.15) is 110 Å². The summed E-state index contributed by atoms with van der Waals surface area (Å²) in [6, 6.07) is 4.63. The fraction of sp³-hybridized carbons (Fsp3) is 0.521. The number of aryl methyl sites for hydroxylation is 2. The van der Waals surface area contributed by atoms with Crippen molar-refractivity contribution >= 4 is 70.6 Å². The number of urea groups is 1. The van der Waals surface area contributed by atoms with Crippen LogP contribution in [0.1, 0.15) is 155 Å². The summed E-state index contributed by atoms with van der Waals surface area (Å²) in [4.78, 5) is 141. The molecule has 7 heterocycles. The molecule has 0 aromatic heterocycles. The molecule has 0 unspecified atom stereocenters. The first-order chi connectivity index (χ1) is 63.9. The molecular weight excluding hydrogens is 1760 g/mol. The van der Waals surface area contributed by atoms with Gasteiger partial charge in [0.15, 0.2) is 35.4 Å². The molecule has 18 atom stereocenters. The van der Waals surface area contributed by atoms with Crippen molar-refractivity contribution in [2.45, 2.75) is 209 Å². The molecule has 7 aliphatic heterocycles. The van der Waals surface area contributed by atoms with E-state index in [4.69, 9.17) is 60.0 Å². The molecule has 22 N–H and O–H groups in total. The smallest absolute Gasteiger partial charge is 0.325 e. The summed E-state index contributed by atoms with van der Waals surface area (Å²) in [6.07, 6.45) is -14.0. The van der Waals surface area contributed by atoms with Crippen molar-refractivity contribution in [3.8, 4) is 68.6 Å². The highest BCUT2D eigenvalue weighted by Crippen LogP contribution is 2.55. The van der Waals surface area contributed by atoms with E-state index >= 15 is 33.6 Å². The van der Waals surface area contributed by atoms with E-state index in [1.165, 1.54) is 99.6 Å². The van der Waals surface area contributed by atoms with E-state index < -0.39 is 204 Å². The first-order valence-electron chi connectivity index (χ1n) is 45.2. The maximum atomic E-state index is 16.9. The summed E-state index contributed by atoms with van der Waals surface area (Å²) in [5.41, 5.74) is 4.62. The van der Waals surface area contributed by atoms with Gasteiger partial charge in [0.05, 0.1) is 35.9 Å². The van der Waals surface area contributed by atoms with Crippen molar-refractivity contribution in [2.75, 3.05) is 72.5 Å². The summed E-state index contributed by atoms with van der Waals surface area (Å²) in [5, 5.41) is 128. The molecule has 4 aliphatic carbocycles. The Morgan fingerprint density at radius 1 is 0.627 bits per heavy atom. The SMILES string of the molecule is CNCCOc1cc(NC(=O)NC(=O)C[C@@H]2NC(=O)[C@H](NC(=O)[C@H](C)CC(C)C)[C@H](O)c3ccc(c(C)c3)Oc3cc4cc(c3O[C@@H]3O[C@H](CO)[C@@H](O)[C@H](O)[C@H]3O[C@H]3C[C@](C)(N)[C@H](O)[C@H](C)O3)Oc3ccc(cc3Cl)[C@@H](O)[C@@H]3NC(=O)[C@H](NC(=O)[C@@H]4NC2=O)c2ccc(O)c(c2)-c2c(C)cc(O)cc2[C@@H](C(=O)NC2C4CC5CC(C4)CC2C5)NC3=O)cc(OCCNC)c1OCCNC. The number of aliphatic hydroxyl groups excluding tert-OH is 6. The van der Waals surface area contributed by atoms with Gasteiger partial charge in [-0.2, -0.15) is 0 Å². The van der Waals surface area contributed by atoms with E-state index in [0.29, 0.717) is 31.5 Å². The molecule has 17 rings (SSSR count). The van der Waals surface area contributed by atoms with Crippen LogP contribution in [-0.2, 0) is 52.6 Å². The number of rotatable bonds is 26. The maximum absolute atomic E-state index is 16.9. The number of benzene rings is 6. The minimum absolute atomic E-state index is 0.00830. The highest BCUT2D eigenvalue weighted by Gasteiger charge is 2.53. The molecule has 15 bridgehead atoms. The average Bonchev–Trinajstić information content (AvgIpc) is 0.750. The lowest BCUT2D eigenvalue weighted by molar-refractivity contribution is -0.333. The number of phenols is 2. The van der Waals surface area contributed by atoms with Gasteiger partial charge in [-0.15, -0.1) is 0 Å². The predicted molar refractivity (Wildman–Crippen MR) is 482 cm³/mol. The zero-order chi connectivity index (χ0) is 96.2. The largest absolute Gasteiger partial charge is 0.508 e. The molecule has 6 aromatic carbocycles. The minimum atomic E-state index is -2.38. The Hall–Kier alpha value is -11.3. The van der Waals surface area contributed by atoms with Crippen LogP contribution < -0.4 is 98.0 Å². The Kier molecular flexibility index (Phi) is 31.2. The van der Waals surface area contributed by atoms with E-state index in [1.807, 2.05) is 13.8 Å². The van der Waals surface area contributed by atoms with E-state index in [2.05, 4.69) is 63.8 Å². The number of anilines is 1. The first-order valence-corrected chi connectivity index (χ1v) is 45.5. The highest BCUT2D eigenvalue weighted by atomic mass is 35.5. The number of aliphatic hydroxyl groups is 6. The van der Waals surface area contributed by atoms with Crippen LogP contribution in [0.25, 0.3) is 11.1 Å². The van der Waals surface area contributed by atoms with Gasteiger partial charge in [0.25, 0.3) is 0 Å². The third kappa shape index (κ3) is 22.1. The number of amides is 10. The zero-order valence-corrected chi connectivity index (χ0v) is 76.7. The number of hydrogen-bond donors (Lipinski definition) is 21. The molecule has 134 heavy (non-hydrogen) atoms. The lowest BCUT2D eigenvalue weighted by Gasteiger charge is -2.54. The number of nitrogens with one attached hydrogen (secondary N) is 12. The van der Waals surface area contributed by atoms with Gasteiger partial charge in [-0.1, -0.05) is 50.6 Å².